The summed E-state index contributed by atoms with van der Waals surface area (Å²) >= 11 is 0. The molecule has 0 aromatic heterocycles. The van der Waals surface area contributed by atoms with Crippen molar-refractivity contribution in [1.29, 1.82) is 0 Å². The fourth-order valence-electron chi connectivity index (χ4n) is 6.06. The highest BCUT2D eigenvalue weighted by molar-refractivity contribution is 5.09. The van der Waals surface area contributed by atoms with Crippen molar-refractivity contribution in [1.82, 2.24) is 0 Å². The first-order valence-electron chi connectivity index (χ1n) is 9.07. The van der Waals surface area contributed by atoms with E-state index in [0.717, 1.165) is 17.8 Å². The highest BCUT2D eigenvalue weighted by Crippen LogP contribution is 2.59. The molecule has 0 aromatic carbocycles. The van der Waals surface area contributed by atoms with Gasteiger partial charge in [0.2, 0.25) is 0 Å². The van der Waals surface area contributed by atoms with Crippen LogP contribution in [0.3, 0.4) is 0 Å². The molecule has 2 saturated carbocycles. The number of fused-ring (bicyclic) bond motifs is 2. The Hall–Kier alpha value is -0.0800. The van der Waals surface area contributed by atoms with E-state index in [2.05, 4.69) is 34.6 Å². The topological polar surface area (TPSA) is 25.1 Å². The van der Waals surface area contributed by atoms with Crippen molar-refractivity contribution in [2.75, 3.05) is 0 Å². The minimum absolute atomic E-state index is 0.226. The molecule has 4 aliphatic rings. The number of rotatable bonds is 2. The molecule has 6 atom stereocenters. The molecule has 4 fully saturated rings. The smallest absolute Gasteiger partial charge is 0.0923 e. The summed E-state index contributed by atoms with van der Waals surface area (Å²) in [5.74, 6) is 2.51. The van der Waals surface area contributed by atoms with E-state index in [1.165, 1.54) is 38.5 Å². The lowest BCUT2D eigenvalue weighted by Gasteiger charge is -2.46. The summed E-state index contributed by atoms with van der Waals surface area (Å²) in [6.07, 6.45) is 9.06. The van der Waals surface area contributed by atoms with Crippen LogP contribution in [0.4, 0.5) is 0 Å². The second kappa shape index (κ2) is 4.26. The van der Waals surface area contributed by atoms with Gasteiger partial charge in [-0.1, -0.05) is 20.8 Å². The normalized spacial score (nSPS) is 53.6. The quantitative estimate of drug-likeness (QED) is 0.697. The zero-order chi connectivity index (χ0) is 15.0. The molecule has 0 amide bonds. The van der Waals surface area contributed by atoms with Gasteiger partial charge in [-0.05, 0) is 75.5 Å². The Labute approximate surface area is 130 Å². The van der Waals surface area contributed by atoms with E-state index in [1.807, 2.05) is 0 Å². The van der Waals surface area contributed by atoms with Gasteiger partial charge in [0, 0.05) is 0 Å². The maximum absolute atomic E-state index is 5.97. The van der Waals surface area contributed by atoms with Crippen LogP contribution in [-0.4, -0.2) is 23.4 Å². The maximum Gasteiger partial charge on any atom is 0.0923 e. The molecule has 2 heteroatoms. The SMILES string of the molecule is CC(C)(C)C(C1CCC2OC2(C)C1)C1CCC2OC2(C)C1. The molecule has 0 spiro atoms. The highest BCUT2D eigenvalue weighted by Gasteiger charge is 2.60. The Morgan fingerprint density at radius 3 is 1.57 bits per heavy atom. The first-order chi connectivity index (χ1) is 9.71. The van der Waals surface area contributed by atoms with Gasteiger partial charge in [0.15, 0.2) is 0 Å². The molecule has 0 radical (unpaired) electrons. The molecule has 2 aliphatic carbocycles. The zero-order valence-corrected chi connectivity index (χ0v) is 14.4. The van der Waals surface area contributed by atoms with Crippen LogP contribution in [-0.2, 0) is 9.47 Å². The summed E-state index contributed by atoms with van der Waals surface area (Å²) in [5, 5.41) is 0. The van der Waals surface area contributed by atoms with Crippen LogP contribution in [0.1, 0.15) is 73.1 Å². The summed E-state index contributed by atoms with van der Waals surface area (Å²) < 4.78 is 11.9. The number of epoxide rings is 2. The van der Waals surface area contributed by atoms with Crippen molar-refractivity contribution in [3.05, 3.63) is 0 Å². The first kappa shape index (κ1) is 14.5. The lowest BCUT2D eigenvalue weighted by molar-refractivity contribution is 0.0384. The van der Waals surface area contributed by atoms with Crippen LogP contribution in [0.5, 0.6) is 0 Å². The van der Waals surface area contributed by atoms with Crippen LogP contribution < -0.4 is 0 Å². The average molecular weight is 292 g/mol. The van der Waals surface area contributed by atoms with E-state index >= 15 is 0 Å². The summed E-state index contributed by atoms with van der Waals surface area (Å²) in [7, 11) is 0. The van der Waals surface area contributed by atoms with Gasteiger partial charge in [0.1, 0.15) is 0 Å². The first-order valence-corrected chi connectivity index (χ1v) is 9.07. The Morgan fingerprint density at radius 2 is 1.24 bits per heavy atom. The molecule has 2 nitrogen and oxygen atoms in total. The third-order valence-corrected chi connectivity index (χ3v) is 7.02. The predicted octanol–water partition coefficient (Wildman–Crippen LogP) is 4.56. The predicted molar refractivity (Wildman–Crippen MR) is 84.2 cm³/mol. The van der Waals surface area contributed by atoms with Gasteiger partial charge in [0.05, 0.1) is 23.4 Å². The van der Waals surface area contributed by atoms with Crippen LogP contribution in [0.15, 0.2) is 0 Å². The van der Waals surface area contributed by atoms with E-state index in [9.17, 15) is 0 Å². The van der Waals surface area contributed by atoms with Gasteiger partial charge in [0.25, 0.3) is 0 Å². The summed E-state index contributed by atoms with van der Waals surface area (Å²) in [5.41, 5.74) is 0.846. The van der Waals surface area contributed by atoms with Gasteiger partial charge in [-0.15, -0.1) is 0 Å². The third-order valence-electron chi connectivity index (χ3n) is 7.02. The standard InChI is InChI=1S/C19H32O2/c1-17(2,3)16(12-6-8-14-18(4,10-12)20-14)13-7-9-15-19(5,11-13)21-15/h12-16H,6-11H2,1-5H3. The molecule has 0 bridgehead atoms. The summed E-state index contributed by atoms with van der Waals surface area (Å²) in [6, 6.07) is 0. The van der Waals surface area contributed by atoms with E-state index < -0.39 is 0 Å². The Bertz CT molecular complexity index is 405. The van der Waals surface area contributed by atoms with Crippen molar-refractivity contribution in [3.63, 3.8) is 0 Å². The van der Waals surface area contributed by atoms with Crippen LogP contribution in [0, 0.1) is 23.2 Å². The van der Waals surface area contributed by atoms with E-state index in [4.69, 9.17) is 9.47 Å². The van der Waals surface area contributed by atoms with E-state index in [0.29, 0.717) is 17.6 Å². The molecule has 0 aromatic rings. The summed E-state index contributed by atoms with van der Waals surface area (Å²) in [4.78, 5) is 0. The fraction of sp³-hybridized carbons (Fsp3) is 1.00. The van der Waals surface area contributed by atoms with Gasteiger partial charge in [-0.2, -0.15) is 0 Å². The third kappa shape index (κ3) is 2.37. The molecule has 21 heavy (non-hydrogen) atoms. The molecule has 6 unspecified atom stereocenters. The van der Waals surface area contributed by atoms with Crippen LogP contribution in [0.25, 0.3) is 0 Å². The Morgan fingerprint density at radius 1 is 0.810 bits per heavy atom. The van der Waals surface area contributed by atoms with Crippen LogP contribution in [0.2, 0.25) is 0 Å². The second-order valence-electron chi connectivity index (χ2n) is 9.81. The van der Waals surface area contributed by atoms with Crippen molar-refractivity contribution in [2.24, 2.45) is 23.2 Å². The van der Waals surface area contributed by atoms with E-state index in [1.54, 1.807) is 0 Å². The molecule has 2 saturated heterocycles. The zero-order valence-electron chi connectivity index (χ0n) is 14.4. The molecule has 120 valence electrons. The lowest BCUT2D eigenvalue weighted by Crippen LogP contribution is -2.41. The lowest BCUT2D eigenvalue weighted by atomic mass is 9.58. The van der Waals surface area contributed by atoms with Crippen molar-refractivity contribution in [3.8, 4) is 0 Å². The Balaban J connectivity index is 1.54. The minimum Gasteiger partial charge on any atom is -0.366 e. The van der Waals surface area contributed by atoms with Gasteiger partial charge in [-0.25, -0.2) is 0 Å². The van der Waals surface area contributed by atoms with Crippen molar-refractivity contribution in [2.45, 2.75) is 96.6 Å². The maximum atomic E-state index is 5.97. The number of ether oxygens (including phenoxy) is 2. The largest absolute Gasteiger partial charge is 0.366 e. The highest BCUT2D eigenvalue weighted by atomic mass is 16.6. The number of hydrogen-bond donors (Lipinski definition) is 0. The monoisotopic (exact) mass is 292 g/mol. The van der Waals surface area contributed by atoms with Gasteiger partial charge >= 0.3 is 0 Å². The molecular formula is C19H32O2. The van der Waals surface area contributed by atoms with Crippen LogP contribution >= 0.6 is 0 Å². The summed E-state index contributed by atoms with van der Waals surface area (Å²) in [6.45, 7) is 12.1. The van der Waals surface area contributed by atoms with Crippen molar-refractivity contribution < 1.29 is 9.47 Å². The molecule has 0 N–H and O–H groups in total. The van der Waals surface area contributed by atoms with Crippen molar-refractivity contribution >= 4 is 0 Å². The molecule has 4 rings (SSSR count). The fourth-order valence-corrected chi connectivity index (χ4v) is 6.06. The Kier molecular flexibility index (Phi) is 2.94. The molecule has 2 heterocycles. The minimum atomic E-state index is 0.226. The van der Waals surface area contributed by atoms with Gasteiger partial charge < -0.3 is 9.47 Å². The van der Waals surface area contributed by atoms with E-state index in [-0.39, 0.29) is 11.2 Å². The number of hydrogen-bond acceptors (Lipinski definition) is 2. The van der Waals surface area contributed by atoms with Gasteiger partial charge in [-0.3, -0.25) is 0 Å². The molecule has 2 aliphatic heterocycles. The average Bonchev–Trinajstić information content (AvgIpc) is 3.19. The second-order valence-corrected chi connectivity index (χ2v) is 9.81. The molecular weight excluding hydrogens is 260 g/mol.